The average molecular weight is 259 g/mol. The topological polar surface area (TPSA) is 32.3 Å². The maximum Gasteiger partial charge on any atom is 0.117 e. The lowest BCUT2D eigenvalue weighted by molar-refractivity contribution is 0.366. The molecule has 1 aromatic heterocycles. The van der Waals surface area contributed by atoms with Gasteiger partial charge in [0.1, 0.15) is 5.75 Å². The second-order valence-corrected chi connectivity index (χ2v) is 6.79. The standard InChI is InChI=1S/C15H17NOS/c17-13-4-1-9-7-14(18-15(9)8-13)10-5-11-2-3-12(6-10)16-11/h1,4,7-8,10-12,16-17H,2-3,5-6H2/t10?,11-,12+. The number of aromatic hydroxyl groups is 1. The molecule has 0 spiro atoms. The van der Waals surface area contributed by atoms with E-state index in [1.807, 2.05) is 23.5 Å². The number of thiophene rings is 1. The minimum absolute atomic E-state index is 0.376. The van der Waals surface area contributed by atoms with Crippen molar-refractivity contribution >= 4 is 21.4 Å². The Bertz CT molecular complexity index is 579. The number of piperidine rings is 1. The van der Waals surface area contributed by atoms with Gasteiger partial charge in [0.15, 0.2) is 0 Å². The van der Waals surface area contributed by atoms with Gasteiger partial charge in [-0.2, -0.15) is 0 Å². The molecule has 94 valence electrons. The van der Waals surface area contributed by atoms with Crippen LogP contribution in [-0.2, 0) is 0 Å². The molecular formula is C15H17NOS. The lowest BCUT2D eigenvalue weighted by Crippen LogP contribution is -2.36. The molecule has 2 saturated heterocycles. The Morgan fingerprint density at radius 2 is 1.89 bits per heavy atom. The smallest absolute Gasteiger partial charge is 0.117 e. The zero-order valence-electron chi connectivity index (χ0n) is 10.2. The monoisotopic (exact) mass is 259 g/mol. The molecule has 3 heteroatoms. The van der Waals surface area contributed by atoms with E-state index in [0.717, 1.165) is 18.0 Å². The van der Waals surface area contributed by atoms with Crippen LogP contribution in [-0.4, -0.2) is 17.2 Å². The highest BCUT2D eigenvalue weighted by Crippen LogP contribution is 2.41. The SMILES string of the molecule is Oc1ccc2cc(C3C[C@H]4CC[C@@H](C3)N4)sc2c1. The van der Waals surface area contributed by atoms with Gasteiger partial charge >= 0.3 is 0 Å². The van der Waals surface area contributed by atoms with E-state index in [4.69, 9.17) is 0 Å². The number of hydrogen-bond acceptors (Lipinski definition) is 3. The van der Waals surface area contributed by atoms with E-state index >= 15 is 0 Å². The van der Waals surface area contributed by atoms with Gasteiger partial charge in [0, 0.05) is 21.7 Å². The van der Waals surface area contributed by atoms with E-state index in [-0.39, 0.29) is 0 Å². The van der Waals surface area contributed by atoms with E-state index in [1.54, 1.807) is 6.07 Å². The van der Waals surface area contributed by atoms with Crippen LogP contribution in [0, 0.1) is 0 Å². The molecule has 0 aliphatic carbocycles. The molecule has 1 unspecified atom stereocenters. The molecule has 2 nitrogen and oxygen atoms in total. The summed E-state index contributed by atoms with van der Waals surface area (Å²) >= 11 is 1.86. The van der Waals surface area contributed by atoms with Gasteiger partial charge in [0.05, 0.1) is 0 Å². The lowest BCUT2D eigenvalue weighted by atomic mass is 9.91. The number of rotatable bonds is 1. The number of nitrogens with one attached hydrogen (secondary N) is 1. The molecule has 2 aliphatic heterocycles. The van der Waals surface area contributed by atoms with Crippen molar-refractivity contribution in [3.63, 3.8) is 0 Å². The quantitative estimate of drug-likeness (QED) is 0.820. The van der Waals surface area contributed by atoms with Crippen LogP contribution in [0.3, 0.4) is 0 Å². The van der Waals surface area contributed by atoms with Crippen LogP contribution in [0.5, 0.6) is 5.75 Å². The normalized spacial score (nSPS) is 31.0. The number of hydrogen-bond donors (Lipinski definition) is 2. The van der Waals surface area contributed by atoms with Gasteiger partial charge in [-0.1, -0.05) is 0 Å². The lowest BCUT2D eigenvalue weighted by Gasteiger charge is -2.28. The van der Waals surface area contributed by atoms with Crippen molar-refractivity contribution in [2.75, 3.05) is 0 Å². The summed E-state index contributed by atoms with van der Waals surface area (Å²) in [5, 5.41) is 14.5. The number of phenolic OH excluding ortho intramolecular Hbond substituents is 1. The second kappa shape index (κ2) is 3.97. The van der Waals surface area contributed by atoms with Gasteiger partial charge < -0.3 is 10.4 Å². The summed E-state index contributed by atoms with van der Waals surface area (Å²) < 4.78 is 1.22. The molecule has 2 aromatic rings. The Morgan fingerprint density at radius 1 is 1.11 bits per heavy atom. The third kappa shape index (κ3) is 1.73. The maximum absolute atomic E-state index is 9.54. The van der Waals surface area contributed by atoms with E-state index in [1.165, 1.54) is 40.6 Å². The number of fused-ring (bicyclic) bond motifs is 3. The third-order valence-corrected chi connectivity index (χ3v) is 5.66. The van der Waals surface area contributed by atoms with Gasteiger partial charge in [0.2, 0.25) is 0 Å². The summed E-state index contributed by atoms with van der Waals surface area (Å²) in [6, 6.07) is 9.51. The number of phenols is 1. The molecule has 2 bridgehead atoms. The van der Waals surface area contributed by atoms with Crippen LogP contribution in [0.1, 0.15) is 36.5 Å². The summed E-state index contributed by atoms with van der Waals surface area (Å²) in [6.07, 6.45) is 5.28. The molecule has 2 fully saturated rings. The Morgan fingerprint density at radius 3 is 2.67 bits per heavy atom. The Labute approximate surface area is 111 Å². The fourth-order valence-corrected chi connectivity index (χ4v) is 4.75. The predicted molar refractivity (Wildman–Crippen MR) is 75.4 cm³/mol. The molecule has 3 heterocycles. The van der Waals surface area contributed by atoms with Crippen molar-refractivity contribution < 1.29 is 5.11 Å². The fourth-order valence-electron chi connectivity index (χ4n) is 3.53. The highest BCUT2D eigenvalue weighted by Gasteiger charge is 2.34. The molecule has 2 N–H and O–H groups in total. The molecule has 3 atom stereocenters. The maximum atomic E-state index is 9.54. The van der Waals surface area contributed by atoms with Gasteiger partial charge in [-0.05, 0) is 61.3 Å². The molecule has 4 rings (SSSR count). The number of benzene rings is 1. The highest BCUT2D eigenvalue weighted by molar-refractivity contribution is 7.19. The van der Waals surface area contributed by atoms with Gasteiger partial charge in [0.25, 0.3) is 0 Å². The summed E-state index contributed by atoms with van der Waals surface area (Å²) in [6.45, 7) is 0. The van der Waals surface area contributed by atoms with Crippen molar-refractivity contribution in [2.45, 2.75) is 43.7 Å². The molecular weight excluding hydrogens is 242 g/mol. The second-order valence-electron chi connectivity index (χ2n) is 5.68. The highest BCUT2D eigenvalue weighted by atomic mass is 32.1. The van der Waals surface area contributed by atoms with Crippen LogP contribution >= 0.6 is 11.3 Å². The van der Waals surface area contributed by atoms with E-state index in [2.05, 4.69) is 11.4 Å². The van der Waals surface area contributed by atoms with E-state index < -0.39 is 0 Å². The minimum Gasteiger partial charge on any atom is -0.508 e. The molecule has 1 aromatic carbocycles. The van der Waals surface area contributed by atoms with Crippen molar-refractivity contribution in [1.82, 2.24) is 5.32 Å². The fraction of sp³-hybridized carbons (Fsp3) is 0.467. The molecule has 2 aliphatic rings. The van der Waals surface area contributed by atoms with E-state index in [0.29, 0.717) is 5.75 Å². The van der Waals surface area contributed by atoms with Crippen LogP contribution in [0.2, 0.25) is 0 Å². The molecule has 0 amide bonds. The molecule has 0 radical (unpaired) electrons. The zero-order valence-corrected chi connectivity index (χ0v) is 11.0. The first-order chi connectivity index (χ1) is 8.78. The van der Waals surface area contributed by atoms with Crippen LogP contribution in [0.25, 0.3) is 10.1 Å². The largest absolute Gasteiger partial charge is 0.508 e. The van der Waals surface area contributed by atoms with Crippen LogP contribution < -0.4 is 5.32 Å². The van der Waals surface area contributed by atoms with Gasteiger partial charge in [-0.25, -0.2) is 0 Å². The van der Waals surface area contributed by atoms with Crippen molar-refractivity contribution in [1.29, 1.82) is 0 Å². The third-order valence-electron chi connectivity index (χ3n) is 4.40. The Hall–Kier alpha value is -1.06. The van der Waals surface area contributed by atoms with Crippen molar-refractivity contribution in [3.8, 4) is 5.75 Å². The summed E-state index contributed by atoms with van der Waals surface area (Å²) in [4.78, 5) is 1.51. The predicted octanol–water partition coefficient (Wildman–Crippen LogP) is 3.60. The van der Waals surface area contributed by atoms with Gasteiger partial charge in [-0.3, -0.25) is 0 Å². The zero-order chi connectivity index (χ0) is 12.1. The van der Waals surface area contributed by atoms with Crippen molar-refractivity contribution in [2.24, 2.45) is 0 Å². The molecule has 0 saturated carbocycles. The first kappa shape index (κ1) is 10.8. The molecule has 18 heavy (non-hydrogen) atoms. The van der Waals surface area contributed by atoms with Crippen LogP contribution in [0.15, 0.2) is 24.3 Å². The summed E-state index contributed by atoms with van der Waals surface area (Å²) in [5.41, 5.74) is 0. The Balaban J connectivity index is 1.70. The van der Waals surface area contributed by atoms with Gasteiger partial charge in [-0.15, -0.1) is 11.3 Å². The van der Waals surface area contributed by atoms with E-state index in [9.17, 15) is 5.11 Å². The first-order valence-electron chi connectivity index (χ1n) is 6.76. The Kier molecular flexibility index (Phi) is 2.39. The first-order valence-corrected chi connectivity index (χ1v) is 7.58. The van der Waals surface area contributed by atoms with Crippen LogP contribution in [0.4, 0.5) is 0 Å². The minimum atomic E-state index is 0.376. The van der Waals surface area contributed by atoms with Crippen molar-refractivity contribution in [3.05, 3.63) is 29.1 Å². The summed E-state index contributed by atoms with van der Waals surface area (Å²) in [7, 11) is 0. The summed E-state index contributed by atoms with van der Waals surface area (Å²) in [5.74, 6) is 1.10. The average Bonchev–Trinajstić information content (AvgIpc) is 2.92.